The Balaban J connectivity index is 2.18. The first-order chi connectivity index (χ1) is 11.4. The van der Waals surface area contributed by atoms with Crippen molar-refractivity contribution in [3.63, 3.8) is 0 Å². The molecule has 0 saturated carbocycles. The molecular weight excluding hydrogens is 343 g/mol. The van der Waals surface area contributed by atoms with Crippen LogP contribution in [0.4, 0.5) is 10.3 Å². The zero-order chi connectivity index (χ0) is 17.5. The number of nitrogens with one attached hydrogen (secondary N) is 1. The van der Waals surface area contributed by atoms with Crippen molar-refractivity contribution in [2.75, 3.05) is 19.0 Å². The Morgan fingerprint density at radius 3 is 3.04 bits per heavy atom. The van der Waals surface area contributed by atoms with Crippen LogP contribution in [0.1, 0.15) is 6.23 Å². The van der Waals surface area contributed by atoms with Crippen LogP contribution in [0.5, 0.6) is 0 Å². The summed E-state index contributed by atoms with van der Waals surface area (Å²) in [7, 11) is 0. The first-order valence-electron chi connectivity index (χ1n) is 6.98. The van der Waals surface area contributed by atoms with Gasteiger partial charge in [0.15, 0.2) is 16.7 Å². The number of hydrogen-bond donors (Lipinski definition) is 4. The van der Waals surface area contributed by atoms with Crippen molar-refractivity contribution < 1.29 is 19.3 Å². The Hall–Kier alpha value is -2.12. The van der Waals surface area contributed by atoms with E-state index in [0.717, 1.165) is 0 Å². The minimum atomic E-state index is -1.73. The number of ether oxygens (including phenoxy) is 1. The number of alkyl halides is 2. The highest BCUT2D eigenvalue weighted by Gasteiger charge is 2.55. The number of aromatic nitrogens is 3. The smallest absolute Gasteiger partial charge is 0.261 e. The van der Waals surface area contributed by atoms with Crippen LogP contribution in [0.2, 0.25) is 0 Å². The van der Waals surface area contributed by atoms with E-state index in [1.165, 1.54) is 16.8 Å². The number of nitrogens with two attached hydrogens (primary N) is 1. The number of aromatic amines is 1. The van der Waals surface area contributed by atoms with Crippen molar-refractivity contribution in [2.24, 2.45) is 0 Å². The van der Waals surface area contributed by atoms with Gasteiger partial charge in [-0.05, 0) is 6.07 Å². The van der Waals surface area contributed by atoms with Crippen molar-refractivity contribution >= 4 is 28.6 Å². The number of rotatable bonds is 2. The number of nitrogen functional groups attached to an aromatic ring is 1. The largest absolute Gasteiger partial charge is 0.394 e. The summed E-state index contributed by atoms with van der Waals surface area (Å²) in [5, 5.41) is 19.9. The van der Waals surface area contributed by atoms with E-state index in [1.54, 1.807) is 0 Å². The molecular formula is C14H14ClFN4O4. The molecule has 0 aromatic carbocycles. The second-order valence-electron chi connectivity index (χ2n) is 5.27. The Labute approximate surface area is 140 Å². The van der Waals surface area contributed by atoms with E-state index in [9.17, 15) is 19.4 Å². The van der Waals surface area contributed by atoms with Crippen molar-refractivity contribution in [2.45, 2.75) is 23.3 Å². The van der Waals surface area contributed by atoms with Gasteiger partial charge >= 0.3 is 0 Å². The Morgan fingerprint density at radius 1 is 1.62 bits per heavy atom. The Bertz CT molecular complexity index is 888. The molecule has 1 aliphatic rings. The van der Waals surface area contributed by atoms with E-state index >= 15 is 0 Å². The fourth-order valence-corrected chi connectivity index (χ4v) is 3.08. The van der Waals surface area contributed by atoms with Gasteiger partial charge in [-0.15, -0.1) is 0 Å². The summed E-state index contributed by atoms with van der Waals surface area (Å²) in [5.74, 6) is 4.50. The molecule has 4 atom stereocenters. The lowest BCUT2D eigenvalue weighted by molar-refractivity contribution is -0.0435. The molecule has 2 aromatic heterocycles. The number of aliphatic hydroxyl groups is 2. The number of aliphatic hydroxyl groups excluding tert-OH is 2. The Kier molecular flexibility index (Phi) is 4.23. The predicted octanol–water partition coefficient (Wildman–Crippen LogP) is -0.492. The SMILES string of the molecule is Nc1nc2c(ccn2[C@@H]2OC(CO)C(O)[C@]2(Cl)C#CCF)c(=O)[nH]1. The van der Waals surface area contributed by atoms with Gasteiger partial charge in [0.2, 0.25) is 5.95 Å². The summed E-state index contributed by atoms with van der Waals surface area (Å²) >= 11 is 6.42. The standard InChI is InChI=1S/C14H14ClFN4O4/c15-14(3-1-4-16)9(22)8(6-21)24-12(14)20-5-2-7-10(20)18-13(17)19-11(7)23/h2,5,8-9,12,21-22H,4,6H2,(H3,17,18,19,23)/t8?,9?,12-,14-/m1/s1. The maximum atomic E-state index is 12.5. The third-order valence-electron chi connectivity index (χ3n) is 3.82. The molecule has 10 heteroatoms. The van der Waals surface area contributed by atoms with Crippen molar-refractivity contribution in [1.29, 1.82) is 0 Å². The molecule has 8 nitrogen and oxygen atoms in total. The monoisotopic (exact) mass is 356 g/mol. The van der Waals surface area contributed by atoms with Crippen molar-refractivity contribution in [3.8, 4) is 11.8 Å². The van der Waals surface area contributed by atoms with Crippen molar-refractivity contribution in [3.05, 3.63) is 22.6 Å². The number of nitrogens with zero attached hydrogens (tertiary/aromatic N) is 2. The van der Waals surface area contributed by atoms with Crippen LogP contribution in [0.15, 0.2) is 17.1 Å². The molecule has 5 N–H and O–H groups in total. The van der Waals surface area contributed by atoms with Gasteiger partial charge in [0.25, 0.3) is 5.56 Å². The lowest BCUT2D eigenvalue weighted by Gasteiger charge is -2.25. The minimum absolute atomic E-state index is 0.111. The highest BCUT2D eigenvalue weighted by Crippen LogP contribution is 2.44. The molecule has 3 rings (SSSR count). The van der Waals surface area contributed by atoms with E-state index < -0.39 is 42.2 Å². The molecule has 1 aliphatic heterocycles. The molecule has 2 aromatic rings. The summed E-state index contributed by atoms with van der Waals surface area (Å²) in [6.07, 6.45) is -2.06. The molecule has 0 bridgehead atoms. The van der Waals surface area contributed by atoms with Gasteiger partial charge in [-0.1, -0.05) is 23.4 Å². The highest BCUT2D eigenvalue weighted by molar-refractivity contribution is 6.27. The van der Waals surface area contributed by atoms with Crippen LogP contribution in [-0.4, -0.2) is 55.1 Å². The van der Waals surface area contributed by atoms with E-state index in [1.807, 2.05) is 0 Å². The molecule has 128 valence electrons. The highest BCUT2D eigenvalue weighted by atomic mass is 35.5. The molecule has 0 amide bonds. The average molecular weight is 357 g/mol. The summed E-state index contributed by atoms with van der Waals surface area (Å²) in [6.45, 7) is -1.48. The molecule has 0 spiro atoms. The van der Waals surface area contributed by atoms with E-state index in [4.69, 9.17) is 22.1 Å². The molecule has 24 heavy (non-hydrogen) atoms. The van der Waals surface area contributed by atoms with Crippen LogP contribution in [-0.2, 0) is 4.74 Å². The van der Waals surface area contributed by atoms with E-state index in [2.05, 4.69) is 21.8 Å². The van der Waals surface area contributed by atoms with Gasteiger partial charge in [-0.3, -0.25) is 9.78 Å². The number of hydrogen-bond acceptors (Lipinski definition) is 6. The zero-order valence-electron chi connectivity index (χ0n) is 12.2. The maximum Gasteiger partial charge on any atom is 0.261 e. The van der Waals surface area contributed by atoms with Crippen LogP contribution >= 0.6 is 11.6 Å². The maximum absolute atomic E-state index is 12.5. The molecule has 1 fully saturated rings. The fraction of sp³-hybridized carbons (Fsp3) is 0.429. The van der Waals surface area contributed by atoms with Gasteiger partial charge < -0.3 is 25.3 Å². The van der Waals surface area contributed by atoms with Crippen LogP contribution in [0.25, 0.3) is 11.0 Å². The number of halogens is 2. The van der Waals surface area contributed by atoms with Crippen LogP contribution < -0.4 is 11.3 Å². The lowest BCUT2D eigenvalue weighted by atomic mass is 9.99. The molecule has 3 heterocycles. The van der Waals surface area contributed by atoms with E-state index in [0.29, 0.717) is 0 Å². The Morgan fingerprint density at radius 2 is 2.38 bits per heavy atom. The second-order valence-corrected chi connectivity index (χ2v) is 5.89. The number of H-pyrrole nitrogens is 1. The first-order valence-corrected chi connectivity index (χ1v) is 7.35. The average Bonchev–Trinajstić information content (AvgIpc) is 3.06. The number of anilines is 1. The second kappa shape index (κ2) is 6.07. The first kappa shape index (κ1) is 16.7. The number of fused-ring (bicyclic) bond motifs is 1. The third kappa shape index (κ3) is 2.44. The van der Waals surface area contributed by atoms with Crippen LogP contribution in [0, 0.1) is 11.8 Å². The minimum Gasteiger partial charge on any atom is -0.394 e. The van der Waals surface area contributed by atoms with Gasteiger partial charge in [0.05, 0.1) is 12.0 Å². The van der Waals surface area contributed by atoms with Gasteiger partial charge in [-0.25, -0.2) is 4.39 Å². The summed E-state index contributed by atoms with van der Waals surface area (Å²) < 4.78 is 19.4. The lowest BCUT2D eigenvalue weighted by Crippen LogP contribution is -2.41. The third-order valence-corrected chi connectivity index (χ3v) is 4.33. The van der Waals surface area contributed by atoms with E-state index in [-0.39, 0.29) is 17.0 Å². The summed E-state index contributed by atoms with van der Waals surface area (Å²) in [5.41, 5.74) is 5.27. The summed E-state index contributed by atoms with van der Waals surface area (Å²) in [6, 6.07) is 1.47. The van der Waals surface area contributed by atoms with Gasteiger partial charge in [0, 0.05) is 6.20 Å². The topological polar surface area (TPSA) is 126 Å². The molecule has 1 saturated heterocycles. The van der Waals surface area contributed by atoms with Crippen molar-refractivity contribution in [1.82, 2.24) is 14.5 Å². The molecule has 0 radical (unpaired) electrons. The molecule has 2 unspecified atom stereocenters. The summed E-state index contributed by atoms with van der Waals surface area (Å²) in [4.78, 5) is 16.6. The van der Waals surface area contributed by atoms with Crippen LogP contribution in [0.3, 0.4) is 0 Å². The normalized spacial score (nSPS) is 29.6. The molecule has 0 aliphatic carbocycles. The quantitative estimate of drug-likeness (QED) is 0.425. The zero-order valence-corrected chi connectivity index (χ0v) is 13.0. The van der Waals surface area contributed by atoms with Gasteiger partial charge in [0.1, 0.15) is 18.9 Å². The van der Waals surface area contributed by atoms with Gasteiger partial charge in [-0.2, -0.15) is 4.98 Å². The predicted molar refractivity (Wildman–Crippen MR) is 84.1 cm³/mol. The fourth-order valence-electron chi connectivity index (χ4n) is 2.72.